The first-order chi connectivity index (χ1) is 6.56. The molecule has 0 spiro atoms. The number of hydrogen-bond acceptors (Lipinski definition) is 1. The van der Waals surface area contributed by atoms with Crippen LogP contribution in [0.3, 0.4) is 0 Å². The Hall–Kier alpha value is 0.430. The van der Waals surface area contributed by atoms with Crippen molar-refractivity contribution in [2.45, 2.75) is 58.5 Å². The van der Waals surface area contributed by atoms with Crippen LogP contribution in [0.2, 0.25) is 0 Å². The van der Waals surface area contributed by atoms with Gasteiger partial charge in [-0.15, -0.1) is 0 Å². The summed E-state index contributed by atoms with van der Waals surface area (Å²) >= 11 is 2.27. The van der Waals surface area contributed by atoms with Crippen molar-refractivity contribution in [3.05, 3.63) is 10.2 Å². The molecule has 0 heterocycles. The van der Waals surface area contributed by atoms with Crippen LogP contribution in [0.25, 0.3) is 0 Å². The lowest BCUT2D eigenvalue weighted by molar-refractivity contribution is -0.00473. The summed E-state index contributed by atoms with van der Waals surface area (Å²) in [5.74, 6) is 0. The van der Waals surface area contributed by atoms with E-state index in [0.29, 0.717) is 0 Å². The Kier molecular flexibility index (Phi) is 8.98. The van der Waals surface area contributed by atoms with E-state index < -0.39 is 0 Å². The highest BCUT2D eigenvalue weighted by Gasteiger charge is 2.08. The lowest BCUT2D eigenvalue weighted by atomic mass is 10.1. The summed E-state index contributed by atoms with van der Waals surface area (Å²) in [6.07, 6.45) is 8.59. The van der Waals surface area contributed by atoms with Gasteiger partial charge in [-0.2, -0.15) is 0 Å². The molecule has 0 aliphatic heterocycles. The Morgan fingerprint density at radius 1 is 1.07 bits per heavy atom. The minimum absolute atomic E-state index is 0.0317. The average molecular weight is 310 g/mol. The minimum Gasteiger partial charge on any atom is -0.376 e. The van der Waals surface area contributed by atoms with Crippen molar-refractivity contribution in [2.24, 2.45) is 0 Å². The summed E-state index contributed by atoms with van der Waals surface area (Å²) in [7, 11) is 0. The van der Waals surface area contributed by atoms with Crippen LogP contribution >= 0.6 is 22.6 Å². The number of rotatable bonds is 7. The molecule has 84 valence electrons. The lowest BCUT2D eigenvalue weighted by Gasteiger charge is -2.19. The van der Waals surface area contributed by atoms with Crippen molar-refractivity contribution < 1.29 is 4.74 Å². The summed E-state index contributed by atoms with van der Waals surface area (Å²) in [5, 5.41) is 0. The molecule has 0 amide bonds. The summed E-state index contributed by atoms with van der Waals surface area (Å²) in [6.45, 7) is 7.24. The van der Waals surface area contributed by atoms with Gasteiger partial charge in [0.25, 0.3) is 0 Å². The van der Waals surface area contributed by atoms with Crippen LogP contribution in [0.5, 0.6) is 0 Å². The van der Waals surface area contributed by atoms with Crippen molar-refractivity contribution in [3.63, 3.8) is 0 Å². The van der Waals surface area contributed by atoms with E-state index in [4.69, 9.17) is 4.74 Å². The van der Waals surface area contributed by atoms with Crippen LogP contribution in [-0.2, 0) is 4.74 Å². The molecule has 14 heavy (non-hydrogen) atoms. The summed E-state index contributed by atoms with van der Waals surface area (Å²) in [6, 6.07) is 0. The molecule has 2 heteroatoms. The van der Waals surface area contributed by atoms with Crippen LogP contribution in [-0.4, -0.2) is 12.2 Å². The fraction of sp³-hybridized carbons (Fsp3) is 0.833. The van der Waals surface area contributed by atoms with Crippen molar-refractivity contribution in [2.75, 3.05) is 6.61 Å². The van der Waals surface area contributed by atoms with E-state index >= 15 is 0 Å². The van der Waals surface area contributed by atoms with E-state index in [2.05, 4.69) is 53.5 Å². The Morgan fingerprint density at radius 2 is 1.71 bits per heavy atom. The van der Waals surface area contributed by atoms with Gasteiger partial charge in [-0.1, -0.05) is 41.5 Å². The predicted octanol–water partition coefficient (Wildman–Crippen LogP) is 4.70. The fourth-order valence-corrected chi connectivity index (χ4v) is 1.52. The second-order valence-electron chi connectivity index (χ2n) is 4.53. The third-order valence-electron chi connectivity index (χ3n) is 1.89. The molecule has 0 radical (unpaired) electrons. The van der Waals surface area contributed by atoms with Gasteiger partial charge in [-0.25, -0.2) is 0 Å². The Bertz CT molecular complexity index is 147. The molecule has 0 unspecified atom stereocenters. The third kappa shape index (κ3) is 12.4. The number of ether oxygens (including phenoxy) is 1. The van der Waals surface area contributed by atoms with Crippen LogP contribution < -0.4 is 0 Å². The van der Waals surface area contributed by atoms with E-state index in [1.54, 1.807) is 0 Å². The predicted molar refractivity (Wildman–Crippen MR) is 72.0 cm³/mol. The van der Waals surface area contributed by atoms with Crippen LogP contribution in [0.15, 0.2) is 10.2 Å². The van der Waals surface area contributed by atoms with Crippen molar-refractivity contribution in [1.29, 1.82) is 0 Å². The van der Waals surface area contributed by atoms with E-state index in [1.807, 2.05) is 0 Å². The molecule has 1 nitrogen and oxygen atoms in total. The molecule has 0 saturated heterocycles. The monoisotopic (exact) mass is 310 g/mol. The first-order valence-corrected chi connectivity index (χ1v) is 6.70. The Balaban J connectivity index is 3.07. The zero-order valence-corrected chi connectivity index (χ0v) is 11.8. The van der Waals surface area contributed by atoms with Crippen LogP contribution in [0, 0.1) is 0 Å². The Morgan fingerprint density at radius 3 is 2.29 bits per heavy atom. The largest absolute Gasteiger partial charge is 0.376 e. The molecule has 0 aromatic heterocycles. The van der Waals surface area contributed by atoms with Gasteiger partial charge in [0.1, 0.15) is 0 Å². The van der Waals surface area contributed by atoms with Crippen molar-refractivity contribution in [3.8, 4) is 0 Å². The van der Waals surface area contributed by atoms with Gasteiger partial charge < -0.3 is 4.74 Å². The molecule has 0 fully saturated rings. The van der Waals surface area contributed by atoms with Gasteiger partial charge in [0.15, 0.2) is 0 Å². The Labute approximate surface area is 102 Å². The second-order valence-corrected chi connectivity index (χ2v) is 5.24. The number of unbranched alkanes of at least 4 members (excludes halogenated alkanes) is 4. The van der Waals surface area contributed by atoms with E-state index in [-0.39, 0.29) is 5.60 Å². The zero-order valence-electron chi connectivity index (χ0n) is 9.68. The molecular formula is C12H23IO. The number of allylic oxidation sites excluding steroid dienone is 1. The number of halogens is 1. The van der Waals surface area contributed by atoms with Crippen LogP contribution in [0.1, 0.15) is 52.9 Å². The molecule has 0 bridgehead atoms. The normalized spacial score (nSPS) is 12.6. The van der Waals surface area contributed by atoms with E-state index in [0.717, 1.165) is 6.61 Å². The molecule has 0 aromatic rings. The summed E-state index contributed by atoms with van der Waals surface area (Å²) in [4.78, 5) is 0. The highest BCUT2D eigenvalue weighted by molar-refractivity contribution is 14.1. The van der Waals surface area contributed by atoms with Gasteiger partial charge in [0, 0.05) is 6.61 Å². The van der Waals surface area contributed by atoms with Crippen molar-refractivity contribution in [1.82, 2.24) is 0 Å². The second kappa shape index (κ2) is 8.72. The van der Waals surface area contributed by atoms with Gasteiger partial charge >= 0.3 is 0 Å². The summed E-state index contributed by atoms with van der Waals surface area (Å²) in [5.41, 5.74) is 0.0317. The molecular weight excluding hydrogens is 287 g/mol. The fourth-order valence-electron chi connectivity index (χ4n) is 1.16. The van der Waals surface area contributed by atoms with Gasteiger partial charge in [0.05, 0.1) is 5.60 Å². The maximum absolute atomic E-state index is 5.64. The van der Waals surface area contributed by atoms with Gasteiger partial charge in [-0.3, -0.25) is 0 Å². The quantitative estimate of drug-likeness (QED) is 0.489. The standard InChI is InChI=1S/C12H23IO/c1-12(2,3)14-11-9-7-5-4-6-8-10-13/h8,10H,4-7,9,11H2,1-3H3. The molecule has 0 saturated carbocycles. The number of hydrogen-bond donors (Lipinski definition) is 0. The molecule has 0 aromatic carbocycles. The molecule has 0 rings (SSSR count). The average Bonchev–Trinajstić information content (AvgIpc) is 2.08. The first-order valence-electron chi connectivity index (χ1n) is 5.45. The molecule has 0 aliphatic carbocycles. The highest BCUT2D eigenvalue weighted by Crippen LogP contribution is 2.09. The molecule has 0 atom stereocenters. The van der Waals surface area contributed by atoms with E-state index in [9.17, 15) is 0 Å². The lowest BCUT2D eigenvalue weighted by Crippen LogP contribution is -2.19. The SMILES string of the molecule is CC(C)(C)OCCCCCCC=CI. The smallest absolute Gasteiger partial charge is 0.0598 e. The van der Waals surface area contributed by atoms with Crippen LogP contribution in [0.4, 0.5) is 0 Å². The van der Waals surface area contributed by atoms with Gasteiger partial charge in [-0.05, 0) is 44.1 Å². The van der Waals surface area contributed by atoms with Gasteiger partial charge in [0.2, 0.25) is 0 Å². The highest BCUT2D eigenvalue weighted by atomic mass is 127. The zero-order chi connectivity index (χ0) is 10.9. The molecule has 0 N–H and O–H groups in total. The maximum atomic E-state index is 5.64. The molecule has 0 aliphatic rings. The topological polar surface area (TPSA) is 9.23 Å². The van der Waals surface area contributed by atoms with E-state index in [1.165, 1.54) is 32.1 Å². The summed E-state index contributed by atoms with van der Waals surface area (Å²) < 4.78 is 7.74. The minimum atomic E-state index is 0.0317. The third-order valence-corrected chi connectivity index (χ3v) is 2.40. The van der Waals surface area contributed by atoms with Crippen molar-refractivity contribution >= 4 is 22.6 Å². The first kappa shape index (κ1) is 14.4. The maximum Gasteiger partial charge on any atom is 0.0598 e.